The first-order valence-corrected chi connectivity index (χ1v) is 7.14. The highest BCUT2D eigenvalue weighted by atomic mass is 79.9. The smallest absolute Gasteiger partial charge is 0.254 e. The maximum atomic E-state index is 12.2. The standard InChI is InChI=1S/C15H13BrN2O2/c16-12-5-3-4-11(8-12)15(19)18-9-13(10-18)20-14-6-1-2-7-17-14/h1-8,13H,9-10H2. The first-order chi connectivity index (χ1) is 9.72. The molecule has 0 unspecified atom stereocenters. The number of carbonyl (C=O) groups excluding carboxylic acids is 1. The Morgan fingerprint density at radius 3 is 2.80 bits per heavy atom. The molecule has 4 nitrogen and oxygen atoms in total. The summed E-state index contributed by atoms with van der Waals surface area (Å²) in [5.41, 5.74) is 0.690. The molecule has 2 aromatic rings. The molecule has 20 heavy (non-hydrogen) atoms. The Morgan fingerprint density at radius 2 is 2.10 bits per heavy atom. The Balaban J connectivity index is 1.56. The van der Waals surface area contributed by atoms with Gasteiger partial charge in [-0.1, -0.05) is 28.1 Å². The zero-order valence-electron chi connectivity index (χ0n) is 10.7. The summed E-state index contributed by atoms with van der Waals surface area (Å²) in [7, 11) is 0. The summed E-state index contributed by atoms with van der Waals surface area (Å²) in [5, 5.41) is 0. The number of ether oxygens (including phenoxy) is 1. The molecule has 1 aromatic carbocycles. The van der Waals surface area contributed by atoms with Crippen LogP contribution in [0.1, 0.15) is 10.4 Å². The van der Waals surface area contributed by atoms with E-state index in [0.29, 0.717) is 24.5 Å². The van der Waals surface area contributed by atoms with E-state index in [1.54, 1.807) is 11.1 Å². The van der Waals surface area contributed by atoms with Crippen molar-refractivity contribution in [1.82, 2.24) is 9.88 Å². The van der Waals surface area contributed by atoms with Gasteiger partial charge in [-0.2, -0.15) is 0 Å². The Morgan fingerprint density at radius 1 is 1.25 bits per heavy atom. The molecule has 0 spiro atoms. The van der Waals surface area contributed by atoms with Crippen molar-refractivity contribution >= 4 is 21.8 Å². The van der Waals surface area contributed by atoms with Crippen LogP contribution >= 0.6 is 15.9 Å². The maximum absolute atomic E-state index is 12.2. The van der Waals surface area contributed by atoms with Gasteiger partial charge in [0.15, 0.2) is 0 Å². The molecule has 1 saturated heterocycles. The Kier molecular flexibility index (Phi) is 3.69. The van der Waals surface area contributed by atoms with Gasteiger partial charge < -0.3 is 9.64 Å². The molecule has 1 amide bonds. The lowest BCUT2D eigenvalue weighted by Gasteiger charge is -2.38. The lowest BCUT2D eigenvalue weighted by Crippen LogP contribution is -2.56. The molecule has 0 aliphatic carbocycles. The van der Waals surface area contributed by atoms with E-state index in [0.717, 1.165) is 4.47 Å². The van der Waals surface area contributed by atoms with Crippen LogP contribution in [0, 0.1) is 0 Å². The predicted octanol–water partition coefficient (Wildman–Crippen LogP) is 2.75. The van der Waals surface area contributed by atoms with E-state index in [9.17, 15) is 4.79 Å². The first kappa shape index (κ1) is 13.1. The van der Waals surface area contributed by atoms with Gasteiger partial charge in [-0.15, -0.1) is 0 Å². The van der Waals surface area contributed by atoms with Gasteiger partial charge in [0, 0.05) is 22.3 Å². The molecule has 1 aliphatic heterocycles. The Labute approximate surface area is 125 Å². The minimum atomic E-state index is 0.0287. The second-order valence-corrected chi connectivity index (χ2v) is 5.54. The van der Waals surface area contributed by atoms with Gasteiger partial charge in [0.05, 0.1) is 13.1 Å². The van der Waals surface area contributed by atoms with Gasteiger partial charge in [0.25, 0.3) is 5.91 Å². The topological polar surface area (TPSA) is 42.4 Å². The van der Waals surface area contributed by atoms with E-state index in [-0.39, 0.29) is 12.0 Å². The Bertz CT molecular complexity index is 612. The number of benzene rings is 1. The van der Waals surface area contributed by atoms with Crippen LogP contribution in [0.2, 0.25) is 0 Å². The van der Waals surface area contributed by atoms with E-state index < -0.39 is 0 Å². The number of amides is 1. The second-order valence-electron chi connectivity index (χ2n) is 4.63. The van der Waals surface area contributed by atoms with Gasteiger partial charge in [0.2, 0.25) is 5.88 Å². The number of nitrogens with zero attached hydrogens (tertiary/aromatic N) is 2. The summed E-state index contributed by atoms with van der Waals surface area (Å²) in [6.07, 6.45) is 1.72. The van der Waals surface area contributed by atoms with Crippen molar-refractivity contribution in [2.75, 3.05) is 13.1 Å². The van der Waals surface area contributed by atoms with Gasteiger partial charge in [0.1, 0.15) is 6.10 Å². The molecule has 0 saturated carbocycles. The van der Waals surface area contributed by atoms with Crippen molar-refractivity contribution in [1.29, 1.82) is 0 Å². The van der Waals surface area contributed by atoms with E-state index >= 15 is 0 Å². The van der Waals surface area contributed by atoms with Gasteiger partial charge in [-0.05, 0) is 24.3 Å². The van der Waals surface area contributed by atoms with Crippen LogP contribution < -0.4 is 4.74 Å². The van der Waals surface area contributed by atoms with E-state index in [4.69, 9.17) is 4.74 Å². The van der Waals surface area contributed by atoms with E-state index in [1.807, 2.05) is 42.5 Å². The lowest BCUT2D eigenvalue weighted by molar-refractivity contribution is 0.0160. The van der Waals surface area contributed by atoms with Crippen molar-refractivity contribution in [3.8, 4) is 5.88 Å². The minimum absolute atomic E-state index is 0.0287. The highest BCUT2D eigenvalue weighted by molar-refractivity contribution is 9.10. The van der Waals surface area contributed by atoms with Crippen LogP contribution in [0.5, 0.6) is 5.88 Å². The summed E-state index contributed by atoms with van der Waals surface area (Å²) in [6, 6.07) is 13.0. The van der Waals surface area contributed by atoms with Crippen molar-refractivity contribution in [2.24, 2.45) is 0 Å². The van der Waals surface area contributed by atoms with Crippen molar-refractivity contribution < 1.29 is 9.53 Å². The fourth-order valence-electron chi connectivity index (χ4n) is 2.07. The van der Waals surface area contributed by atoms with Crippen LogP contribution in [0.3, 0.4) is 0 Å². The molecule has 0 radical (unpaired) electrons. The second kappa shape index (κ2) is 5.63. The largest absolute Gasteiger partial charge is 0.471 e. The monoisotopic (exact) mass is 332 g/mol. The predicted molar refractivity (Wildman–Crippen MR) is 78.7 cm³/mol. The van der Waals surface area contributed by atoms with Crippen molar-refractivity contribution in [2.45, 2.75) is 6.10 Å². The molecule has 3 rings (SSSR count). The van der Waals surface area contributed by atoms with Crippen LogP contribution in [0.15, 0.2) is 53.1 Å². The molecule has 2 heterocycles. The SMILES string of the molecule is O=C(c1cccc(Br)c1)N1CC(Oc2ccccn2)C1. The molecule has 1 aliphatic rings. The fraction of sp³-hybridized carbons (Fsp3) is 0.200. The molecule has 0 N–H and O–H groups in total. The van der Waals surface area contributed by atoms with Gasteiger partial charge in [-0.3, -0.25) is 4.79 Å². The molecule has 0 bridgehead atoms. The molecular weight excluding hydrogens is 320 g/mol. The number of rotatable bonds is 3. The maximum Gasteiger partial charge on any atom is 0.254 e. The van der Waals surface area contributed by atoms with Gasteiger partial charge in [-0.25, -0.2) is 4.98 Å². The molecule has 0 atom stereocenters. The number of carbonyl (C=O) groups is 1. The average molecular weight is 333 g/mol. The highest BCUT2D eigenvalue weighted by Crippen LogP contribution is 2.19. The van der Waals surface area contributed by atoms with Crippen molar-refractivity contribution in [3.05, 3.63) is 58.7 Å². The van der Waals surface area contributed by atoms with Crippen LogP contribution in [-0.4, -0.2) is 35.0 Å². The third kappa shape index (κ3) is 2.82. The third-order valence-corrected chi connectivity index (χ3v) is 3.63. The van der Waals surface area contributed by atoms with E-state index in [2.05, 4.69) is 20.9 Å². The number of likely N-dealkylation sites (tertiary alicyclic amines) is 1. The summed E-state index contributed by atoms with van der Waals surface area (Å²) in [4.78, 5) is 18.1. The van der Waals surface area contributed by atoms with Crippen LogP contribution in [-0.2, 0) is 0 Å². The van der Waals surface area contributed by atoms with Gasteiger partial charge >= 0.3 is 0 Å². The molecule has 102 valence electrons. The highest BCUT2D eigenvalue weighted by Gasteiger charge is 2.33. The molecular formula is C15H13BrN2O2. The molecule has 1 fully saturated rings. The number of aromatic nitrogens is 1. The summed E-state index contributed by atoms with van der Waals surface area (Å²) < 4.78 is 6.58. The fourth-order valence-corrected chi connectivity index (χ4v) is 2.47. The summed E-state index contributed by atoms with van der Waals surface area (Å²) >= 11 is 3.37. The normalized spacial score (nSPS) is 14.8. The van der Waals surface area contributed by atoms with Crippen LogP contribution in [0.25, 0.3) is 0 Å². The van der Waals surface area contributed by atoms with Crippen molar-refractivity contribution in [3.63, 3.8) is 0 Å². The number of pyridine rings is 1. The number of hydrogen-bond donors (Lipinski definition) is 0. The third-order valence-electron chi connectivity index (χ3n) is 3.13. The zero-order chi connectivity index (χ0) is 13.9. The molecule has 1 aromatic heterocycles. The average Bonchev–Trinajstić information content (AvgIpc) is 2.43. The zero-order valence-corrected chi connectivity index (χ0v) is 12.3. The summed E-state index contributed by atoms with van der Waals surface area (Å²) in [5.74, 6) is 0.638. The quantitative estimate of drug-likeness (QED) is 0.867. The molecule has 5 heteroatoms. The first-order valence-electron chi connectivity index (χ1n) is 6.35. The number of halogens is 1. The Hall–Kier alpha value is -1.88. The lowest BCUT2D eigenvalue weighted by atomic mass is 10.1. The number of hydrogen-bond acceptors (Lipinski definition) is 3. The van der Waals surface area contributed by atoms with Crippen LogP contribution in [0.4, 0.5) is 0 Å². The minimum Gasteiger partial charge on any atom is -0.471 e. The van der Waals surface area contributed by atoms with E-state index in [1.165, 1.54) is 0 Å². The summed E-state index contributed by atoms with van der Waals surface area (Å²) in [6.45, 7) is 1.20.